The number of thiophene rings is 1. The van der Waals surface area contributed by atoms with E-state index in [1.807, 2.05) is 47.8 Å². The first kappa shape index (κ1) is 19.6. The number of nitrogens with zero attached hydrogens (tertiary/aromatic N) is 2. The third kappa shape index (κ3) is 4.01. The minimum absolute atomic E-state index is 0.231. The van der Waals surface area contributed by atoms with Crippen LogP contribution in [0, 0.1) is 0 Å². The Morgan fingerprint density at radius 3 is 2.70 bits per heavy atom. The van der Waals surface area contributed by atoms with Gasteiger partial charge in [-0.2, -0.15) is 0 Å². The Labute approximate surface area is 177 Å². The number of para-hydroxylation sites is 1. The van der Waals surface area contributed by atoms with Gasteiger partial charge in [-0.25, -0.2) is 0 Å². The van der Waals surface area contributed by atoms with Gasteiger partial charge < -0.3 is 10.1 Å². The van der Waals surface area contributed by atoms with Crippen molar-refractivity contribution in [1.29, 1.82) is 0 Å². The van der Waals surface area contributed by atoms with E-state index in [9.17, 15) is 9.59 Å². The molecule has 0 bridgehead atoms. The summed E-state index contributed by atoms with van der Waals surface area (Å²) >= 11 is 1.59. The summed E-state index contributed by atoms with van der Waals surface area (Å²) in [6, 6.07) is 18.2. The molecule has 0 aliphatic carbocycles. The average Bonchev–Trinajstić information content (AvgIpc) is 3.33. The molecule has 0 atom stereocenters. The second kappa shape index (κ2) is 8.75. The molecular weight excluding hydrogens is 398 g/mol. The van der Waals surface area contributed by atoms with E-state index < -0.39 is 0 Å². The normalized spacial score (nSPS) is 10.6. The molecule has 0 saturated carbocycles. The molecular formula is C23H19N3O3S. The van der Waals surface area contributed by atoms with Gasteiger partial charge in [0.15, 0.2) is 0 Å². The lowest BCUT2D eigenvalue weighted by Crippen LogP contribution is -2.27. The Hall–Kier alpha value is -3.71. The standard InChI is InChI=1S/C23H19N3O3S/c1-29-19-13-21(27)26(17-8-3-2-4-9-17)15-18(19)23(28)25-14-16-7-5-11-24-22(16)20-10-6-12-30-20/h2-13,15H,14H2,1H3,(H,25,28). The number of nitrogens with one attached hydrogen (secondary N) is 1. The van der Waals surface area contributed by atoms with Crippen molar-refractivity contribution in [3.63, 3.8) is 0 Å². The summed E-state index contributed by atoms with van der Waals surface area (Å²) in [5.41, 5.74) is 2.42. The number of carbonyl (C=O) groups is 1. The molecule has 0 spiro atoms. The quantitative estimate of drug-likeness (QED) is 0.516. The first-order chi connectivity index (χ1) is 14.7. The van der Waals surface area contributed by atoms with Crippen LogP contribution in [0.4, 0.5) is 0 Å². The minimum Gasteiger partial charge on any atom is -0.496 e. The third-order valence-electron chi connectivity index (χ3n) is 4.60. The highest BCUT2D eigenvalue weighted by Crippen LogP contribution is 2.26. The summed E-state index contributed by atoms with van der Waals surface area (Å²) in [5.74, 6) is -0.105. The van der Waals surface area contributed by atoms with E-state index in [-0.39, 0.29) is 22.8 Å². The van der Waals surface area contributed by atoms with Crippen molar-refractivity contribution < 1.29 is 9.53 Å². The molecule has 4 aromatic rings. The molecule has 0 saturated heterocycles. The molecule has 0 unspecified atom stereocenters. The highest BCUT2D eigenvalue weighted by Gasteiger charge is 2.17. The fourth-order valence-electron chi connectivity index (χ4n) is 3.13. The fraction of sp³-hybridized carbons (Fsp3) is 0.0870. The van der Waals surface area contributed by atoms with Gasteiger partial charge in [0.1, 0.15) is 5.75 Å². The summed E-state index contributed by atoms with van der Waals surface area (Å²) in [6.45, 7) is 0.299. The predicted molar refractivity (Wildman–Crippen MR) is 117 cm³/mol. The van der Waals surface area contributed by atoms with E-state index in [1.54, 1.807) is 29.7 Å². The first-order valence-corrected chi connectivity index (χ1v) is 10.2. The lowest BCUT2D eigenvalue weighted by molar-refractivity contribution is 0.0947. The first-order valence-electron chi connectivity index (χ1n) is 9.29. The van der Waals surface area contributed by atoms with Crippen LogP contribution in [-0.2, 0) is 6.54 Å². The molecule has 0 aliphatic rings. The van der Waals surface area contributed by atoms with Gasteiger partial charge in [-0.1, -0.05) is 30.3 Å². The van der Waals surface area contributed by atoms with Crippen LogP contribution in [0.25, 0.3) is 16.3 Å². The predicted octanol–water partition coefficient (Wildman–Crippen LogP) is 3.90. The van der Waals surface area contributed by atoms with Gasteiger partial charge in [-0.15, -0.1) is 11.3 Å². The largest absolute Gasteiger partial charge is 0.496 e. The minimum atomic E-state index is -0.336. The van der Waals surface area contributed by atoms with E-state index in [0.29, 0.717) is 12.2 Å². The number of benzene rings is 1. The number of amides is 1. The molecule has 3 aromatic heterocycles. The molecule has 4 rings (SSSR count). The molecule has 7 heteroatoms. The Bertz CT molecular complexity index is 1220. The smallest absolute Gasteiger partial charge is 0.258 e. The summed E-state index contributed by atoms with van der Waals surface area (Å²) < 4.78 is 6.72. The highest BCUT2D eigenvalue weighted by molar-refractivity contribution is 7.13. The Morgan fingerprint density at radius 1 is 1.13 bits per heavy atom. The lowest BCUT2D eigenvalue weighted by atomic mass is 10.1. The molecule has 1 aromatic carbocycles. The topological polar surface area (TPSA) is 73.2 Å². The van der Waals surface area contributed by atoms with Crippen molar-refractivity contribution >= 4 is 17.2 Å². The summed E-state index contributed by atoms with van der Waals surface area (Å²) in [6.07, 6.45) is 3.24. The molecule has 3 heterocycles. The summed E-state index contributed by atoms with van der Waals surface area (Å²) in [4.78, 5) is 30.9. The van der Waals surface area contributed by atoms with Gasteiger partial charge in [0, 0.05) is 30.7 Å². The monoisotopic (exact) mass is 417 g/mol. The maximum absolute atomic E-state index is 13.0. The van der Waals surface area contributed by atoms with Crippen LogP contribution in [0.2, 0.25) is 0 Å². The maximum atomic E-state index is 13.0. The van der Waals surface area contributed by atoms with E-state index in [0.717, 1.165) is 16.1 Å². The van der Waals surface area contributed by atoms with Gasteiger partial charge >= 0.3 is 0 Å². The van der Waals surface area contributed by atoms with Gasteiger partial charge in [0.25, 0.3) is 11.5 Å². The molecule has 150 valence electrons. The lowest BCUT2D eigenvalue weighted by Gasteiger charge is -2.13. The second-order valence-electron chi connectivity index (χ2n) is 6.47. The number of pyridine rings is 2. The molecule has 6 nitrogen and oxygen atoms in total. The number of hydrogen-bond acceptors (Lipinski definition) is 5. The highest BCUT2D eigenvalue weighted by atomic mass is 32.1. The van der Waals surface area contributed by atoms with E-state index in [1.165, 1.54) is 23.9 Å². The molecule has 0 aliphatic heterocycles. The maximum Gasteiger partial charge on any atom is 0.258 e. The van der Waals surface area contributed by atoms with Crippen LogP contribution < -0.4 is 15.6 Å². The number of ether oxygens (including phenoxy) is 1. The van der Waals surface area contributed by atoms with E-state index in [4.69, 9.17) is 4.74 Å². The second-order valence-corrected chi connectivity index (χ2v) is 7.42. The van der Waals surface area contributed by atoms with Crippen LogP contribution >= 0.6 is 11.3 Å². The zero-order chi connectivity index (χ0) is 20.9. The molecule has 0 radical (unpaired) electrons. The van der Waals surface area contributed by atoms with E-state index in [2.05, 4.69) is 10.3 Å². The van der Waals surface area contributed by atoms with Crippen molar-refractivity contribution in [2.24, 2.45) is 0 Å². The molecule has 0 fully saturated rings. The molecule has 1 amide bonds. The summed E-state index contributed by atoms with van der Waals surface area (Å²) in [7, 11) is 1.44. The number of methoxy groups -OCH3 is 1. The Morgan fingerprint density at radius 2 is 1.97 bits per heavy atom. The Kier molecular flexibility index (Phi) is 5.72. The fourth-order valence-corrected chi connectivity index (χ4v) is 3.89. The van der Waals surface area contributed by atoms with Crippen LogP contribution in [0.3, 0.4) is 0 Å². The zero-order valence-corrected chi connectivity index (χ0v) is 17.1. The van der Waals surface area contributed by atoms with Crippen LogP contribution in [0.15, 0.2) is 83.2 Å². The number of aromatic nitrogens is 2. The molecule has 1 N–H and O–H groups in total. The van der Waals surface area contributed by atoms with Gasteiger partial charge in [0.05, 0.1) is 23.2 Å². The third-order valence-corrected chi connectivity index (χ3v) is 5.48. The summed E-state index contributed by atoms with van der Waals surface area (Å²) in [5, 5.41) is 4.91. The van der Waals surface area contributed by atoms with Crippen LogP contribution in [-0.4, -0.2) is 22.6 Å². The number of rotatable bonds is 6. The van der Waals surface area contributed by atoms with Gasteiger partial charge in [-0.05, 0) is 35.2 Å². The molecule has 30 heavy (non-hydrogen) atoms. The SMILES string of the molecule is COc1cc(=O)n(-c2ccccc2)cc1C(=O)NCc1cccnc1-c1cccs1. The van der Waals surface area contributed by atoms with Crippen molar-refractivity contribution in [3.05, 3.63) is 99.9 Å². The van der Waals surface area contributed by atoms with Gasteiger partial charge in [0.2, 0.25) is 0 Å². The zero-order valence-electron chi connectivity index (χ0n) is 16.2. The van der Waals surface area contributed by atoms with Crippen molar-refractivity contribution in [1.82, 2.24) is 14.9 Å². The number of carbonyl (C=O) groups excluding carboxylic acids is 1. The van der Waals surface area contributed by atoms with Crippen molar-refractivity contribution in [2.45, 2.75) is 6.54 Å². The van der Waals surface area contributed by atoms with Crippen molar-refractivity contribution in [2.75, 3.05) is 7.11 Å². The van der Waals surface area contributed by atoms with Crippen LogP contribution in [0.1, 0.15) is 15.9 Å². The van der Waals surface area contributed by atoms with Crippen molar-refractivity contribution in [3.8, 4) is 22.0 Å². The number of hydrogen-bond donors (Lipinski definition) is 1. The van der Waals surface area contributed by atoms with Crippen LogP contribution in [0.5, 0.6) is 5.75 Å². The Balaban J connectivity index is 1.62. The van der Waals surface area contributed by atoms with E-state index >= 15 is 0 Å². The average molecular weight is 417 g/mol. The van der Waals surface area contributed by atoms with Gasteiger partial charge in [-0.3, -0.25) is 19.1 Å².